The van der Waals surface area contributed by atoms with Crippen molar-refractivity contribution < 1.29 is 33.3 Å². The molecule has 39 heavy (non-hydrogen) atoms. The molecule has 1 fully saturated rings. The van der Waals surface area contributed by atoms with Crippen molar-refractivity contribution in [3.63, 3.8) is 0 Å². The third kappa shape index (κ3) is 6.71. The van der Waals surface area contributed by atoms with Crippen LogP contribution >= 0.6 is 27.7 Å². The molecule has 1 saturated heterocycles. The second kappa shape index (κ2) is 13.3. The lowest BCUT2D eigenvalue weighted by Gasteiger charge is -2.19. The van der Waals surface area contributed by atoms with E-state index in [-0.39, 0.29) is 30.3 Å². The molecular formula is C28H30BrNO8S. The van der Waals surface area contributed by atoms with Crippen LogP contribution < -0.4 is 23.7 Å². The van der Waals surface area contributed by atoms with E-state index in [1.807, 2.05) is 36.4 Å². The summed E-state index contributed by atoms with van der Waals surface area (Å²) in [6.07, 6.45) is 0.776. The summed E-state index contributed by atoms with van der Waals surface area (Å²) in [6.45, 7) is 0.275. The molecule has 0 N–H and O–H groups in total. The number of nitrogens with zero attached hydrogens (tertiary/aromatic N) is 1. The highest BCUT2D eigenvalue weighted by molar-refractivity contribution is 9.10. The van der Waals surface area contributed by atoms with Gasteiger partial charge in [-0.1, -0.05) is 22.0 Å². The van der Waals surface area contributed by atoms with Gasteiger partial charge in [0, 0.05) is 21.2 Å². The summed E-state index contributed by atoms with van der Waals surface area (Å²) in [5, 5.41) is 12.0. The van der Waals surface area contributed by atoms with E-state index in [0.717, 1.165) is 14.9 Å². The molecule has 0 spiro atoms. The van der Waals surface area contributed by atoms with E-state index in [4.69, 9.17) is 28.4 Å². The van der Waals surface area contributed by atoms with Gasteiger partial charge in [-0.25, -0.2) is 0 Å². The first kappa shape index (κ1) is 28.8. The van der Waals surface area contributed by atoms with E-state index in [0.29, 0.717) is 47.2 Å². The van der Waals surface area contributed by atoms with Crippen molar-refractivity contribution in [1.82, 2.24) is 0 Å². The molecular weight excluding hydrogens is 590 g/mol. The first-order valence-corrected chi connectivity index (χ1v) is 14.0. The van der Waals surface area contributed by atoms with Gasteiger partial charge < -0.3 is 28.4 Å². The zero-order valence-corrected chi connectivity index (χ0v) is 24.5. The summed E-state index contributed by atoms with van der Waals surface area (Å²) < 4.78 is 35.1. The third-order valence-corrected chi connectivity index (χ3v) is 7.77. The maximum atomic E-state index is 12.0. The van der Waals surface area contributed by atoms with Crippen LogP contribution in [-0.4, -0.2) is 45.7 Å². The molecule has 3 aromatic rings. The van der Waals surface area contributed by atoms with Gasteiger partial charge >= 0.3 is 5.69 Å². The Morgan fingerprint density at radius 3 is 2.03 bits per heavy atom. The Balaban J connectivity index is 1.51. The highest BCUT2D eigenvalue weighted by atomic mass is 79.9. The Morgan fingerprint density at radius 2 is 1.49 bits per heavy atom. The van der Waals surface area contributed by atoms with Gasteiger partial charge in [-0.15, -0.1) is 11.8 Å². The fourth-order valence-corrected chi connectivity index (χ4v) is 5.84. The summed E-state index contributed by atoms with van der Waals surface area (Å²) in [6, 6.07) is 14.9. The number of benzene rings is 3. The average Bonchev–Trinajstić information content (AvgIpc) is 3.44. The van der Waals surface area contributed by atoms with Gasteiger partial charge in [0.15, 0.2) is 17.2 Å². The number of ether oxygens (including phenoxy) is 6. The van der Waals surface area contributed by atoms with Crippen molar-refractivity contribution in [1.29, 1.82) is 0 Å². The van der Waals surface area contributed by atoms with Crippen LogP contribution in [0, 0.1) is 10.1 Å². The van der Waals surface area contributed by atoms with Crippen molar-refractivity contribution in [2.45, 2.75) is 29.9 Å². The molecule has 4 rings (SSSR count). The van der Waals surface area contributed by atoms with Crippen molar-refractivity contribution in [3.8, 4) is 28.7 Å². The van der Waals surface area contributed by atoms with E-state index in [1.54, 1.807) is 39.2 Å². The highest BCUT2D eigenvalue weighted by Gasteiger charge is 2.32. The van der Waals surface area contributed by atoms with Crippen molar-refractivity contribution in [3.05, 3.63) is 74.2 Å². The van der Waals surface area contributed by atoms with Crippen LogP contribution in [0.2, 0.25) is 0 Å². The molecule has 0 radical (unpaired) electrons. The normalized spacial score (nSPS) is 16.5. The van der Waals surface area contributed by atoms with Crippen LogP contribution in [0.5, 0.6) is 28.7 Å². The SMILES string of the molecule is COc1cc([C@@H]2CC[C@@H](c3cc(OC)c(OCCSc4cccc(Br)c4)c([N+](=O)[O-])c3)O2)cc(OC)c1OC. The Kier molecular flexibility index (Phi) is 9.82. The minimum absolute atomic E-state index is 0.111. The summed E-state index contributed by atoms with van der Waals surface area (Å²) in [5.41, 5.74) is 1.37. The number of halogens is 1. The molecule has 0 bridgehead atoms. The minimum Gasteiger partial charge on any atom is -0.493 e. The standard InChI is InChI=1S/C28H30BrNO8S/c1-33-24-13-17(12-21(30(31)32)27(24)37-10-11-39-20-7-5-6-19(29)16-20)22-8-9-23(38-22)18-14-25(34-2)28(36-4)26(15-18)35-3/h5-7,12-16,22-23H,8-11H2,1-4H3/t22-,23-/m0/s1. The van der Waals surface area contributed by atoms with Gasteiger partial charge in [-0.2, -0.15) is 0 Å². The lowest BCUT2D eigenvalue weighted by atomic mass is 10.0. The molecule has 0 aromatic heterocycles. The Labute approximate surface area is 240 Å². The first-order valence-electron chi connectivity index (χ1n) is 12.2. The average molecular weight is 621 g/mol. The van der Waals surface area contributed by atoms with Gasteiger partial charge in [0.05, 0.1) is 52.2 Å². The summed E-state index contributed by atoms with van der Waals surface area (Å²) in [4.78, 5) is 12.6. The van der Waals surface area contributed by atoms with Crippen molar-refractivity contribution in [2.75, 3.05) is 40.8 Å². The first-order chi connectivity index (χ1) is 18.9. The van der Waals surface area contributed by atoms with E-state index in [9.17, 15) is 10.1 Å². The van der Waals surface area contributed by atoms with Gasteiger partial charge in [0.2, 0.25) is 11.5 Å². The van der Waals surface area contributed by atoms with E-state index < -0.39 is 4.92 Å². The maximum Gasteiger partial charge on any atom is 0.315 e. The number of thioether (sulfide) groups is 1. The number of nitro benzene ring substituents is 1. The lowest BCUT2D eigenvalue weighted by Crippen LogP contribution is -2.07. The quantitative estimate of drug-likeness (QED) is 0.0905. The molecule has 0 saturated carbocycles. The molecule has 9 nitrogen and oxygen atoms in total. The molecule has 3 aromatic carbocycles. The molecule has 11 heteroatoms. The molecule has 1 aliphatic rings. The van der Waals surface area contributed by atoms with Gasteiger partial charge in [-0.3, -0.25) is 10.1 Å². The van der Waals surface area contributed by atoms with Crippen LogP contribution in [0.3, 0.4) is 0 Å². The number of hydrogen-bond acceptors (Lipinski definition) is 9. The largest absolute Gasteiger partial charge is 0.493 e. The zero-order valence-electron chi connectivity index (χ0n) is 22.1. The molecule has 1 aliphatic heterocycles. The van der Waals surface area contributed by atoms with Crippen LogP contribution in [-0.2, 0) is 4.74 Å². The van der Waals surface area contributed by atoms with Gasteiger partial charge in [0.25, 0.3) is 0 Å². The van der Waals surface area contributed by atoms with E-state index in [1.165, 1.54) is 13.2 Å². The fourth-order valence-electron chi connectivity index (χ4n) is 4.50. The summed E-state index contributed by atoms with van der Waals surface area (Å²) >= 11 is 5.06. The van der Waals surface area contributed by atoms with Crippen LogP contribution in [0.4, 0.5) is 5.69 Å². The zero-order chi connectivity index (χ0) is 27.9. The lowest BCUT2D eigenvalue weighted by molar-refractivity contribution is -0.386. The number of hydrogen-bond donors (Lipinski definition) is 0. The second-order valence-corrected chi connectivity index (χ2v) is 10.7. The molecule has 1 heterocycles. The smallest absolute Gasteiger partial charge is 0.315 e. The topological polar surface area (TPSA) is 98.5 Å². The second-order valence-electron chi connectivity index (χ2n) is 8.63. The van der Waals surface area contributed by atoms with Crippen LogP contribution in [0.25, 0.3) is 0 Å². The fraction of sp³-hybridized carbons (Fsp3) is 0.357. The molecule has 0 aliphatic carbocycles. The number of methoxy groups -OCH3 is 4. The Hall–Kier alpha value is -3.15. The van der Waals surface area contributed by atoms with E-state index >= 15 is 0 Å². The van der Waals surface area contributed by atoms with Crippen LogP contribution in [0.1, 0.15) is 36.2 Å². The third-order valence-electron chi connectivity index (χ3n) is 6.32. The molecule has 0 amide bonds. The summed E-state index contributed by atoms with van der Waals surface area (Å²) in [5.74, 6) is 2.60. The predicted octanol–water partition coefficient (Wildman–Crippen LogP) is 7.16. The number of nitro groups is 1. The highest BCUT2D eigenvalue weighted by Crippen LogP contribution is 2.48. The Bertz CT molecular complexity index is 1300. The number of rotatable bonds is 12. The summed E-state index contributed by atoms with van der Waals surface area (Å²) in [7, 11) is 6.15. The van der Waals surface area contributed by atoms with E-state index in [2.05, 4.69) is 15.9 Å². The van der Waals surface area contributed by atoms with Crippen molar-refractivity contribution in [2.24, 2.45) is 0 Å². The van der Waals surface area contributed by atoms with Gasteiger partial charge in [0.1, 0.15) is 0 Å². The maximum absolute atomic E-state index is 12.0. The van der Waals surface area contributed by atoms with Crippen LogP contribution in [0.15, 0.2) is 57.9 Å². The molecule has 208 valence electrons. The Morgan fingerprint density at radius 1 is 0.897 bits per heavy atom. The van der Waals surface area contributed by atoms with Gasteiger partial charge in [-0.05, 0) is 60.4 Å². The monoisotopic (exact) mass is 619 g/mol. The molecule has 0 unspecified atom stereocenters. The minimum atomic E-state index is -0.450. The predicted molar refractivity (Wildman–Crippen MR) is 152 cm³/mol. The molecule has 2 atom stereocenters. The van der Waals surface area contributed by atoms with Crippen molar-refractivity contribution >= 4 is 33.4 Å².